The molecule has 2 fully saturated rings. The van der Waals surface area contributed by atoms with Gasteiger partial charge in [-0.25, -0.2) is 4.98 Å². The Bertz CT molecular complexity index is 582. The van der Waals surface area contributed by atoms with Gasteiger partial charge in [-0.15, -0.1) is 0 Å². The van der Waals surface area contributed by atoms with Crippen LogP contribution < -0.4 is 0 Å². The van der Waals surface area contributed by atoms with Crippen molar-refractivity contribution < 1.29 is 9.53 Å². The second-order valence-corrected chi connectivity index (χ2v) is 8.37. The number of hydrogen-bond acceptors (Lipinski definition) is 4. The summed E-state index contributed by atoms with van der Waals surface area (Å²) in [5.74, 6) is 2.57. The number of nitrogens with zero attached hydrogens (tertiary/aromatic N) is 4. The largest absolute Gasteiger partial charge is 0.372 e. The van der Waals surface area contributed by atoms with Crippen LogP contribution in [0.2, 0.25) is 0 Å². The van der Waals surface area contributed by atoms with Crippen LogP contribution in [0.1, 0.15) is 52.3 Å². The van der Waals surface area contributed by atoms with Gasteiger partial charge in [0.1, 0.15) is 5.82 Å². The van der Waals surface area contributed by atoms with E-state index in [4.69, 9.17) is 4.74 Å². The SMILES string of the molecule is CC1CN(C(=O)CN2CCC(Cn3ccnc3C(C)C)CC2)CC(C)O1. The lowest BCUT2D eigenvalue weighted by Crippen LogP contribution is -2.51. The van der Waals surface area contributed by atoms with E-state index in [9.17, 15) is 4.79 Å². The van der Waals surface area contributed by atoms with Crippen molar-refractivity contribution in [1.82, 2.24) is 19.4 Å². The number of piperidine rings is 1. The van der Waals surface area contributed by atoms with E-state index in [1.807, 2.05) is 24.9 Å². The third-order valence-electron chi connectivity index (χ3n) is 5.56. The van der Waals surface area contributed by atoms with Gasteiger partial charge in [-0.2, -0.15) is 0 Å². The predicted molar refractivity (Wildman–Crippen MR) is 102 cm³/mol. The van der Waals surface area contributed by atoms with E-state index in [2.05, 4.69) is 34.5 Å². The van der Waals surface area contributed by atoms with Gasteiger partial charge in [-0.1, -0.05) is 13.8 Å². The molecule has 1 aromatic heterocycles. The molecule has 0 aliphatic carbocycles. The number of rotatable bonds is 5. The number of hydrogen-bond donors (Lipinski definition) is 0. The molecule has 26 heavy (non-hydrogen) atoms. The zero-order valence-electron chi connectivity index (χ0n) is 16.7. The van der Waals surface area contributed by atoms with E-state index in [0.717, 1.165) is 45.6 Å². The lowest BCUT2D eigenvalue weighted by atomic mass is 9.96. The van der Waals surface area contributed by atoms with E-state index in [-0.39, 0.29) is 18.1 Å². The highest BCUT2D eigenvalue weighted by Crippen LogP contribution is 2.22. The zero-order valence-corrected chi connectivity index (χ0v) is 16.7. The summed E-state index contributed by atoms with van der Waals surface area (Å²) in [6, 6.07) is 0. The van der Waals surface area contributed by atoms with Crippen molar-refractivity contribution in [2.24, 2.45) is 5.92 Å². The molecule has 2 atom stereocenters. The molecule has 1 aromatic rings. The molecule has 1 amide bonds. The van der Waals surface area contributed by atoms with Gasteiger partial charge in [-0.3, -0.25) is 9.69 Å². The fourth-order valence-corrected chi connectivity index (χ4v) is 4.25. The van der Waals surface area contributed by atoms with E-state index in [1.165, 1.54) is 5.82 Å². The average molecular weight is 363 g/mol. The van der Waals surface area contributed by atoms with Crippen molar-refractivity contribution in [2.75, 3.05) is 32.7 Å². The molecular formula is C20H34N4O2. The Hall–Kier alpha value is -1.40. The van der Waals surface area contributed by atoms with Crippen molar-refractivity contribution in [3.63, 3.8) is 0 Å². The Morgan fingerprint density at radius 1 is 1.23 bits per heavy atom. The van der Waals surface area contributed by atoms with Crippen LogP contribution in [0.3, 0.4) is 0 Å². The van der Waals surface area contributed by atoms with E-state index < -0.39 is 0 Å². The highest BCUT2D eigenvalue weighted by molar-refractivity contribution is 5.78. The first-order chi connectivity index (χ1) is 12.4. The zero-order chi connectivity index (χ0) is 18.7. The molecule has 0 N–H and O–H groups in total. The number of carbonyl (C=O) groups excluding carboxylic acids is 1. The molecule has 0 aromatic carbocycles. The summed E-state index contributed by atoms with van der Waals surface area (Å²) in [6.45, 7) is 13.5. The standard InChI is InChI=1S/C20H34N4O2/c1-15(2)20-21-7-10-23(20)13-18-5-8-22(9-6-18)14-19(25)24-11-16(3)26-17(4)12-24/h7,10,15-18H,5-6,8-9,11-14H2,1-4H3. The van der Waals surface area contributed by atoms with Crippen molar-refractivity contribution in [2.45, 2.75) is 65.2 Å². The highest BCUT2D eigenvalue weighted by Gasteiger charge is 2.28. The van der Waals surface area contributed by atoms with E-state index in [0.29, 0.717) is 18.4 Å². The molecule has 0 bridgehead atoms. The van der Waals surface area contributed by atoms with Crippen LogP contribution in [-0.2, 0) is 16.1 Å². The maximum Gasteiger partial charge on any atom is 0.236 e. The Morgan fingerprint density at radius 3 is 2.50 bits per heavy atom. The average Bonchev–Trinajstić information content (AvgIpc) is 3.04. The number of ether oxygens (including phenoxy) is 1. The molecule has 3 rings (SSSR count). The molecule has 6 nitrogen and oxygen atoms in total. The minimum absolute atomic E-state index is 0.138. The fraction of sp³-hybridized carbons (Fsp3) is 0.800. The molecule has 0 saturated carbocycles. The van der Waals surface area contributed by atoms with Gasteiger partial charge >= 0.3 is 0 Å². The monoisotopic (exact) mass is 362 g/mol. The Labute approximate surface area is 157 Å². The highest BCUT2D eigenvalue weighted by atomic mass is 16.5. The van der Waals surface area contributed by atoms with Crippen molar-refractivity contribution in [3.05, 3.63) is 18.2 Å². The summed E-state index contributed by atoms with van der Waals surface area (Å²) < 4.78 is 8.04. The van der Waals surface area contributed by atoms with Crippen LogP contribution in [-0.4, -0.2) is 70.2 Å². The molecule has 0 spiro atoms. The summed E-state index contributed by atoms with van der Waals surface area (Å²) in [4.78, 5) is 21.4. The lowest BCUT2D eigenvalue weighted by Gasteiger charge is -2.37. The molecular weight excluding hydrogens is 328 g/mol. The van der Waals surface area contributed by atoms with Gasteiger partial charge in [0.25, 0.3) is 0 Å². The summed E-state index contributed by atoms with van der Waals surface area (Å²) in [5.41, 5.74) is 0. The quantitative estimate of drug-likeness (QED) is 0.807. The molecule has 2 aliphatic heterocycles. The third-order valence-corrected chi connectivity index (χ3v) is 5.56. The predicted octanol–water partition coefficient (Wildman–Crippen LogP) is 2.35. The van der Waals surface area contributed by atoms with E-state index in [1.54, 1.807) is 0 Å². The number of morpholine rings is 1. The number of carbonyl (C=O) groups is 1. The minimum atomic E-state index is 0.138. The molecule has 0 radical (unpaired) electrons. The summed E-state index contributed by atoms with van der Waals surface area (Å²) in [5, 5.41) is 0. The second kappa shape index (κ2) is 8.53. The van der Waals surface area contributed by atoms with Crippen LogP contribution >= 0.6 is 0 Å². The fourth-order valence-electron chi connectivity index (χ4n) is 4.25. The normalized spacial score (nSPS) is 25.8. The third kappa shape index (κ3) is 4.86. The maximum absolute atomic E-state index is 12.6. The van der Waals surface area contributed by atoms with Gasteiger partial charge in [-0.05, 0) is 45.7 Å². The van der Waals surface area contributed by atoms with Crippen molar-refractivity contribution >= 4 is 5.91 Å². The first-order valence-corrected chi connectivity index (χ1v) is 10.1. The second-order valence-electron chi connectivity index (χ2n) is 8.37. The van der Waals surface area contributed by atoms with Crippen molar-refractivity contribution in [3.8, 4) is 0 Å². The smallest absolute Gasteiger partial charge is 0.236 e. The van der Waals surface area contributed by atoms with Gasteiger partial charge in [0.2, 0.25) is 5.91 Å². The van der Waals surface area contributed by atoms with Gasteiger partial charge in [0.05, 0.1) is 18.8 Å². The topological polar surface area (TPSA) is 50.6 Å². The number of imidazole rings is 1. The van der Waals surface area contributed by atoms with Crippen LogP contribution in [0, 0.1) is 5.92 Å². The van der Waals surface area contributed by atoms with Gasteiger partial charge in [0.15, 0.2) is 0 Å². The molecule has 2 aliphatic rings. The first kappa shape index (κ1) is 19.4. The number of amides is 1. The van der Waals surface area contributed by atoms with E-state index >= 15 is 0 Å². The van der Waals surface area contributed by atoms with Crippen LogP contribution in [0.25, 0.3) is 0 Å². The molecule has 2 unspecified atom stereocenters. The van der Waals surface area contributed by atoms with Crippen LogP contribution in [0.4, 0.5) is 0 Å². The first-order valence-electron chi connectivity index (χ1n) is 10.1. The minimum Gasteiger partial charge on any atom is -0.372 e. The summed E-state index contributed by atoms with van der Waals surface area (Å²) in [6.07, 6.45) is 6.59. The molecule has 6 heteroatoms. The van der Waals surface area contributed by atoms with Crippen LogP contribution in [0.15, 0.2) is 12.4 Å². The Kier molecular flexibility index (Phi) is 6.35. The van der Waals surface area contributed by atoms with Crippen molar-refractivity contribution in [1.29, 1.82) is 0 Å². The summed E-state index contributed by atoms with van der Waals surface area (Å²) >= 11 is 0. The van der Waals surface area contributed by atoms with Gasteiger partial charge in [0, 0.05) is 37.9 Å². The van der Waals surface area contributed by atoms with Crippen LogP contribution in [0.5, 0.6) is 0 Å². The molecule has 3 heterocycles. The molecule has 146 valence electrons. The van der Waals surface area contributed by atoms with Gasteiger partial charge < -0.3 is 14.2 Å². The maximum atomic E-state index is 12.6. The molecule has 2 saturated heterocycles. The number of aromatic nitrogens is 2. The summed E-state index contributed by atoms with van der Waals surface area (Å²) in [7, 11) is 0. The Morgan fingerprint density at radius 2 is 1.88 bits per heavy atom. The number of likely N-dealkylation sites (tertiary alicyclic amines) is 1. The lowest BCUT2D eigenvalue weighted by molar-refractivity contribution is -0.144. The Balaban J connectivity index is 1.45.